The Kier molecular flexibility index (Phi) is 11.6. The highest BCUT2D eigenvalue weighted by molar-refractivity contribution is 6.59. The van der Waals surface area contributed by atoms with E-state index in [2.05, 4.69) is 9.88 Å². The summed E-state index contributed by atoms with van der Waals surface area (Å²) in [4.78, 5) is 43.7. The van der Waals surface area contributed by atoms with Crippen molar-refractivity contribution in [2.24, 2.45) is 11.7 Å². The molecule has 3 aromatic heterocycles. The molecule has 5 aromatic rings. The molecule has 2 aromatic carbocycles. The average molecular weight is 742 g/mol. The fourth-order valence-corrected chi connectivity index (χ4v) is 6.20. The van der Waals surface area contributed by atoms with E-state index in [1.807, 2.05) is 57.2 Å². The van der Waals surface area contributed by atoms with Crippen molar-refractivity contribution in [3.63, 3.8) is 0 Å². The van der Waals surface area contributed by atoms with Crippen molar-refractivity contribution in [3.8, 4) is 22.8 Å². The van der Waals surface area contributed by atoms with Gasteiger partial charge in [0.15, 0.2) is 0 Å². The van der Waals surface area contributed by atoms with Crippen LogP contribution in [0.25, 0.3) is 33.1 Å². The molecule has 15 heteroatoms. The maximum Gasteiger partial charge on any atom is 0.506 e. The maximum atomic E-state index is 13.1. The highest BCUT2D eigenvalue weighted by Gasteiger charge is 2.28. The first-order chi connectivity index (χ1) is 25.4. The number of primary amides is 1. The molecule has 6 rings (SSSR count). The van der Waals surface area contributed by atoms with Crippen LogP contribution in [0.2, 0.25) is 0 Å². The summed E-state index contributed by atoms with van der Waals surface area (Å²) in [5.41, 5.74) is 6.93. The largest absolute Gasteiger partial charge is 0.506 e. The number of amides is 1. The molecular weight excluding hydrogens is 693 g/mol. The Hall–Kier alpha value is -5.54. The molecule has 0 unspecified atom stereocenters. The minimum absolute atomic E-state index is 0.0486. The van der Waals surface area contributed by atoms with Crippen LogP contribution in [0.3, 0.4) is 0 Å². The van der Waals surface area contributed by atoms with Gasteiger partial charge in [0, 0.05) is 41.5 Å². The van der Waals surface area contributed by atoms with Crippen LogP contribution in [-0.2, 0) is 14.3 Å². The van der Waals surface area contributed by atoms with Gasteiger partial charge in [-0.3, -0.25) is 9.36 Å². The Morgan fingerprint density at radius 1 is 0.759 bits per heavy atom. The molecule has 0 spiro atoms. The van der Waals surface area contributed by atoms with Gasteiger partial charge in [-0.2, -0.15) is 0 Å². The van der Waals surface area contributed by atoms with Crippen molar-refractivity contribution in [1.82, 2.24) is 14.1 Å². The second-order valence-electron chi connectivity index (χ2n) is 15.0. The predicted octanol–water partition coefficient (Wildman–Crippen LogP) is 5.31. The van der Waals surface area contributed by atoms with Crippen molar-refractivity contribution in [1.29, 1.82) is 0 Å². The Morgan fingerprint density at radius 2 is 1.28 bits per heavy atom. The number of fused-ring (bicyclic) bond motifs is 2. The van der Waals surface area contributed by atoms with Crippen LogP contribution in [0.15, 0.2) is 66.9 Å². The lowest BCUT2D eigenvalue weighted by molar-refractivity contribution is -0.122. The molecule has 0 aliphatic carbocycles. The molecule has 14 nitrogen and oxygen atoms in total. The molecular formula is C39H48BN5O9. The molecule has 4 N–H and O–H groups in total. The van der Waals surface area contributed by atoms with Gasteiger partial charge in [-0.05, 0) is 115 Å². The molecule has 1 saturated heterocycles. The van der Waals surface area contributed by atoms with Crippen LogP contribution in [0.5, 0.6) is 11.5 Å². The van der Waals surface area contributed by atoms with Crippen LogP contribution >= 0.6 is 0 Å². The molecule has 1 fully saturated rings. The highest BCUT2D eigenvalue weighted by Crippen LogP contribution is 2.32. The zero-order valence-corrected chi connectivity index (χ0v) is 32.0. The number of benzene rings is 2. The molecule has 4 heterocycles. The summed E-state index contributed by atoms with van der Waals surface area (Å²) in [5.74, 6) is 1.86. The Bertz CT molecular complexity index is 2140. The van der Waals surface area contributed by atoms with E-state index in [4.69, 9.17) is 24.7 Å². The quantitative estimate of drug-likeness (QED) is 0.192. The highest BCUT2D eigenvalue weighted by atomic mass is 16.6. The lowest BCUT2D eigenvalue weighted by Crippen LogP contribution is -2.40. The first-order valence-electron chi connectivity index (χ1n) is 17.6. The Balaban J connectivity index is 0.000000230. The number of anilines is 1. The number of hydrogen-bond acceptors (Lipinski definition) is 11. The molecule has 0 bridgehead atoms. The number of methoxy groups -OCH3 is 2. The van der Waals surface area contributed by atoms with Gasteiger partial charge in [-0.15, -0.1) is 0 Å². The summed E-state index contributed by atoms with van der Waals surface area (Å²) in [7, 11) is 1.37. The monoisotopic (exact) mass is 741 g/mol. The number of carbonyl (C=O) groups is 3. The third-order valence-corrected chi connectivity index (χ3v) is 8.73. The fourth-order valence-electron chi connectivity index (χ4n) is 6.20. The number of piperidine rings is 1. The maximum absolute atomic E-state index is 13.1. The van der Waals surface area contributed by atoms with E-state index in [0.29, 0.717) is 28.1 Å². The fraction of sp³-hybridized carbons (Fsp3) is 0.385. The van der Waals surface area contributed by atoms with Gasteiger partial charge in [0.25, 0.3) is 0 Å². The van der Waals surface area contributed by atoms with Gasteiger partial charge < -0.3 is 39.6 Å². The normalized spacial score (nSPS) is 13.6. The number of nitrogens with two attached hydrogens (primary N) is 1. The number of rotatable bonds is 6. The molecule has 0 saturated carbocycles. The second-order valence-corrected chi connectivity index (χ2v) is 15.0. The van der Waals surface area contributed by atoms with E-state index in [9.17, 15) is 24.4 Å². The number of aromatic nitrogens is 3. The van der Waals surface area contributed by atoms with Crippen molar-refractivity contribution in [2.45, 2.75) is 65.6 Å². The third-order valence-electron chi connectivity index (χ3n) is 8.73. The van der Waals surface area contributed by atoms with E-state index in [0.717, 1.165) is 52.8 Å². The first kappa shape index (κ1) is 39.7. The Labute approximate surface area is 314 Å². The van der Waals surface area contributed by atoms with Gasteiger partial charge in [-0.1, -0.05) is 0 Å². The predicted molar refractivity (Wildman–Crippen MR) is 207 cm³/mol. The zero-order chi connectivity index (χ0) is 39.5. The SMILES string of the molecule is COc1ccc2c(c1)cc(-c1ccc(N3CCC(C(N)=O)CC3)nc1)n2C(=O)OC(C)(C)C.COc1ccc2c(c1)cc(B(O)O)n2C(=O)OC(C)(C)C. The second kappa shape index (κ2) is 15.8. The van der Waals surface area contributed by atoms with Crippen LogP contribution in [0.1, 0.15) is 54.4 Å². The lowest BCUT2D eigenvalue weighted by atomic mass is 9.86. The minimum atomic E-state index is -1.78. The Morgan fingerprint density at radius 3 is 1.74 bits per heavy atom. The lowest BCUT2D eigenvalue weighted by Gasteiger charge is -2.31. The van der Waals surface area contributed by atoms with Crippen molar-refractivity contribution in [3.05, 3.63) is 66.9 Å². The number of ether oxygens (including phenoxy) is 4. The number of pyridine rings is 1. The summed E-state index contributed by atoms with van der Waals surface area (Å²) in [6, 6.07) is 18.0. The van der Waals surface area contributed by atoms with E-state index in [1.54, 1.807) is 56.8 Å². The molecule has 0 radical (unpaired) electrons. The summed E-state index contributed by atoms with van der Waals surface area (Å²) in [6.07, 6.45) is 2.11. The summed E-state index contributed by atoms with van der Waals surface area (Å²) in [5, 5.41) is 20.5. The molecule has 1 aliphatic heterocycles. The summed E-state index contributed by atoms with van der Waals surface area (Å²) >= 11 is 0. The zero-order valence-electron chi connectivity index (χ0n) is 32.0. The van der Waals surface area contributed by atoms with Gasteiger partial charge in [0.05, 0.1) is 36.5 Å². The third kappa shape index (κ3) is 9.15. The van der Waals surface area contributed by atoms with Crippen LogP contribution < -0.4 is 25.7 Å². The molecule has 0 atom stereocenters. The van der Waals surface area contributed by atoms with Crippen LogP contribution in [0, 0.1) is 5.92 Å². The topological polar surface area (TPSA) is 181 Å². The van der Waals surface area contributed by atoms with Crippen molar-refractivity contribution in [2.75, 3.05) is 32.2 Å². The number of carbonyl (C=O) groups excluding carboxylic acids is 3. The smallest absolute Gasteiger partial charge is 0.497 e. The summed E-state index contributed by atoms with van der Waals surface area (Å²) in [6.45, 7) is 12.2. The van der Waals surface area contributed by atoms with Crippen LogP contribution in [-0.4, -0.2) is 87.9 Å². The van der Waals surface area contributed by atoms with Gasteiger partial charge in [-0.25, -0.2) is 19.1 Å². The molecule has 286 valence electrons. The van der Waals surface area contributed by atoms with Gasteiger partial charge in [0.1, 0.15) is 28.5 Å². The number of nitrogens with zero attached hydrogens (tertiary/aromatic N) is 4. The minimum Gasteiger partial charge on any atom is -0.497 e. The van der Waals surface area contributed by atoms with E-state index < -0.39 is 30.5 Å². The molecule has 54 heavy (non-hydrogen) atoms. The van der Waals surface area contributed by atoms with Gasteiger partial charge >= 0.3 is 19.3 Å². The summed E-state index contributed by atoms with van der Waals surface area (Å²) < 4.78 is 24.2. The number of hydrogen-bond donors (Lipinski definition) is 3. The average Bonchev–Trinajstić information content (AvgIpc) is 3.69. The molecule has 1 aliphatic rings. The molecule has 1 amide bonds. The van der Waals surface area contributed by atoms with Crippen molar-refractivity contribution < 1.29 is 43.4 Å². The van der Waals surface area contributed by atoms with Gasteiger partial charge in [0.2, 0.25) is 5.91 Å². The van der Waals surface area contributed by atoms with E-state index >= 15 is 0 Å². The van der Waals surface area contributed by atoms with Crippen molar-refractivity contribution >= 4 is 58.4 Å². The standard InChI is InChI=1S/C25H30N4O4.C14H18BNO5/c1-25(2,3)33-24(31)29-20-7-6-19(32-4)13-18(20)14-21(29)17-5-8-22(27-15-17)28-11-9-16(10-12-28)23(26)30;1-14(2,3)21-13(17)16-11-6-5-10(20-4)7-9(11)8-12(16)15(18)19/h5-8,13-16H,9-12H2,1-4H3,(H2,26,30);5-8,18-19H,1-4H3. The van der Waals surface area contributed by atoms with E-state index in [1.165, 1.54) is 13.2 Å². The first-order valence-corrected chi connectivity index (χ1v) is 17.6. The van der Waals surface area contributed by atoms with Crippen LogP contribution in [0.4, 0.5) is 15.4 Å². The van der Waals surface area contributed by atoms with E-state index in [-0.39, 0.29) is 17.4 Å².